The van der Waals surface area contributed by atoms with Crippen molar-refractivity contribution in [1.29, 1.82) is 0 Å². The monoisotopic (exact) mass is 184 g/mol. The first-order valence-electron chi connectivity index (χ1n) is 5.32. The first-order chi connectivity index (χ1) is 6.02. The summed E-state index contributed by atoms with van der Waals surface area (Å²) in [5, 5.41) is 10.4. The lowest BCUT2D eigenvalue weighted by atomic mass is 9.81. The second-order valence-electron chi connectivity index (χ2n) is 5.51. The summed E-state index contributed by atoms with van der Waals surface area (Å²) in [5.41, 5.74) is -0.0860. The van der Waals surface area contributed by atoms with Crippen LogP contribution in [0.4, 0.5) is 0 Å². The molecule has 0 aromatic heterocycles. The van der Waals surface area contributed by atoms with E-state index in [1.807, 2.05) is 0 Å². The van der Waals surface area contributed by atoms with Gasteiger partial charge in [-0.15, -0.1) is 0 Å². The van der Waals surface area contributed by atoms with Crippen LogP contribution < -0.4 is 0 Å². The fourth-order valence-corrected chi connectivity index (χ4v) is 2.87. The van der Waals surface area contributed by atoms with Gasteiger partial charge in [0.2, 0.25) is 0 Å². The Morgan fingerprint density at radius 3 is 2.54 bits per heavy atom. The molecule has 13 heavy (non-hydrogen) atoms. The van der Waals surface area contributed by atoms with Gasteiger partial charge < -0.3 is 9.84 Å². The maximum atomic E-state index is 10.4. The van der Waals surface area contributed by atoms with Gasteiger partial charge in [0, 0.05) is 12.5 Å². The van der Waals surface area contributed by atoms with Gasteiger partial charge in [-0.3, -0.25) is 0 Å². The first-order valence-corrected chi connectivity index (χ1v) is 5.32. The average Bonchev–Trinajstić information content (AvgIpc) is 2.58. The Kier molecular flexibility index (Phi) is 2.16. The van der Waals surface area contributed by atoms with Crippen LogP contribution in [0.25, 0.3) is 0 Å². The van der Waals surface area contributed by atoms with E-state index in [9.17, 15) is 5.11 Å². The molecule has 0 aromatic carbocycles. The van der Waals surface area contributed by atoms with E-state index in [4.69, 9.17) is 4.74 Å². The highest BCUT2D eigenvalue weighted by atomic mass is 16.5. The third kappa shape index (κ3) is 1.75. The zero-order chi connectivity index (χ0) is 9.53. The summed E-state index contributed by atoms with van der Waals surface area (Å²) in [5.74, 6) is 0.397. The van der Waals surface area contributed by atoms with Gasteiger partial charge in [0.15, 0.2) is 0 Å². The van der Waals surface area contributed by atoms with E-state index in [1.54, 1.807) is 0 Å². The molecule has 2 atom stereocenters. The number of hydrogen-bond acceptors (Lipinski definition) is 2. The summed E-state index contributed by atoms with van der Waals surface area (Å²) in [6, 6.07) is 0. The second kappa shape index (κ2) is 2.96. The Balaban J connectivity index is 2.05. The van der Waals surface area contributed by atoms with Crippen LogP contribution in [0.3, 0.4) is 0 Å². The summed E-state index contributed by atoms with van der Waals surface area (Å²) in [4.78, 5) is 0. The van der Waals surface area contributed by atoms with Crippen molar-refractivity contribution in [3.05, 3.63) is 0 Å². The molecule has 2 heteroatoms. The highest BCUT2D eigenvalue weighted by Gasteiger charge is 2.47. The summed E-state index contributed by atoms with van der Waals surface area (Å²) in [6.07, 6.45) is 4.12. The largest absolute Gasteiger partial charge is 0.389 e. The molecule has 1 saturated heterocycles. The Morgan fingerprint density at radius 2 is 2.08 bits per heavy atom. The number of ether oxygens (including phenoxy) is 1. The quantitative estimate of drug-likeness (QED) is 0.675. The molecule has 76 valence electrons. The van der Waals surface area contributed by atoms with Crippen LogP contribution in [-0.4, -0.2) is 23.9 Å². The highest BCUT2D eigenvalue weighted by molar-refractivity contribution is 4.98. The van der Waals surface area contributed by atoms with Gasteiger partial charge in [-0.1, -0.05) is 13.8 Å². The second-order valence-corrected chi connectivity index (χ2v) is 5.51. The Hall–Kier alpha value is -0.0800. The van der Waals surface area contributed by atoms with Crippen molar-refractivity contribution >= 4 is 0 Å². The third-order valence-corrected chi connectivity index (χ3v) is 3.71. The van der Waals surface area contributed by atoms with Gasteiger partial charge in [-0.2, -0.15) is 0 Å². The van der Waals surface area contributed by atoms with Gasteiger partial charge in [-0.25, -0.2) is 0 Å². The van der Waals surface area contributed by atoms with E-state index >= 15 is 0 Å². The van der Waals surface area contributed by atoms with E-state index in [2.05, 4.69) is 13.8 Å². The minimum Gasteiger partial charge on any atom is -0.389 e. The SMILES string of the molecule is CC1(C)CCC(O)(C2CCOC2)C1. The molecule has 2 rings (SSSR count). The van der Waals surface area contributed by atoms with Crippen LogP contribution in [0, 0.1) is 11.3 Å². The van der Waals surface area contributed by atoms with Crippen LogP contribution in [0.1, 0.15) is 39.5 Å². The summed E-state index contributed by atoms with van der Waals surface area (Å²) >= 11 is 0. The number of aliphatic hydroxyl groups is 1. The minimum absolute atomic E-state index is 0.331. The molecule has 1 aliphatic carbocycles. The van der Waals surface area contributed by atoms with Crippen LogP contribution in [0.2, 0.25) is 0 Å². The molecular formula is C11H20O2. The molecular weight excluding hydrogens is 164 g/mol. The molecule has 2 aliphatic rings. The van der Waals surface area contributed by atoms with E-state index in [0.29, 0.717) is 11.3 Å². The summed E-state index contributed by atoms with van der Waals surface area (Å²) in [7, 11) is 0. The van der Waals surface area contributed by atoms with Crippen molar-refractivity contribution in [2.75, 3.05) is 13.2 Å². The topological polar surface area (TPSA) is 29.5 Å². The van der Waals surface area contributed by atoms with E-state index in [0.717, 1.165) is 38.9 Å². The number of hydrogen-bond donors (Lipinski definition) is 1. The van der Waals surface area contributed by atoms with Crippen molar-refractivity contribution in [1.82, 2.24) is 0 Å². The van der Waals surface area contributed by atoms with Crippen molar-refractivity contribution < 1.29 is 9.84 Å². The lowest BCUT2D eigenvalue weighted by molar-refractivity contribution is -0.0231. The van der Waals surface area contributed by atoms with Crippen LogP contribution >= 0.6 is 0 Å². The van der Waals surface area contributed by atoms with E-state index in [1.165, 1.54) is 0 Å². The third-order valence-electron chi connectivity index (χ3n) is 3.71. The van der Waals surface area contributed by atoms with Crippen LogP contribution in [-0.2, 0) is 4.74 Å². The van der Waals surface area contributed by atoms with Crippen molar-refractivity contribution in [3.63, 3.8) is 0 Å². The van der Waals surface area contributed by atoms with Crippen molar-refractivity contribution in [2.24, 2.45) is 11.3 Å². The lowest BCUT2D eigenvalue weighted by Crippen LogP contribution is -2.36. The first kappa shape index (κ1) is 9.47. The fraction of sp³-hybridized carbons (Fsp3) is 1.00. The smallest absolute Gasteiger partial charge is 0.0703 e. The normalized spacial score (nSPS) is 44.1. The molecule has 2 unspecified atom stereocenters. The van der Waals surface area contributed by atoms with Crippen molar-refractivity contribution in [2.45, 2.75) is 45.1 Å². The van der Waals surface area contributed by atoms with E-state index < -0.39 is 5.60 Å². The van der Waals surface area contributed by atoms with Gasteiger partial charge in [0.25, 0.3) is 0 Å². The number of rotatable bonds is 1. The Bertz CT molecular complexity index is 194. The molecule has 0 bridgehead atoms. The lowest BCUT2D eigenvalue weighted by Gasteiger charge is -2.30. The Labute approximate surface area is 80.3 Å². The molecule has 2 fully saturated rings. The standard InChI is InChI=1S/C11H20O2/c1-10(2)4-5-11(12,8-10)9-3-6-13-7-9/h9,12H,3-8H2,1-2H3. The summed E-state index contributed by atoms with van der Waals surface area (Å²) < 4.78 is 5.34. The predicted octanol–water partition coefficient (Wildman–Crippen LogP) is 1.96. The minimum atomic E-state index is -0.417. The molecule has 1 saturated carbocycles. The van der Waals surface area contributed by atoms with Crippen LogP contribution in [0.5, 0.6) is 0 Å². The molecule has 0 radical (unpaired) electrons. The predicted molar refractivity (Wildman–Crippen MR) is 51.5 cm³/mol. The molecule has 2 nitrogen and oxygen atoms in total. The fourth-order valence-electron chi connectivity index (χ4n) is 2.87. The Morgan fingerprint density at radius 1 is 1.31 bits per heavy atom. The van der Waals surface area contributed by atoms with Gasteiger partial charge in [-0.05, 0) is 31.1 Å². The van der Waals surface area contributed by atoms with Gasteiger partial charge in [0.05, 0.1) is 12.2 Å². The van der Waals surface area contributed by atoms with Gasteiger partial charge in [0.1, 0.15) is 0 Å². The maximum Gasteiger partial charge on any atom is 0.0703 e. The summed E-state index contributed by atoms with van der Waals surface area (Å²) in [6.45, 7) is 6.11. The van der Waals surface area contributed by atoms with Gasteiger partial charge >= 0.3 is 0 Å². The average molecular weight is 184 g/mol. The van der Waals surface area contributed by atoms with Crippen LogP contribution in [0.15, 0.2) is 0 Å². The molecule has 1 heterocycles. The molecule has 0 aromatic rings. The highest BCUT2D eigenvalue weighted by Crippen LogP contribution is 2.48. The molecule has 0 spiro atoms. The zero-order valence-electron chi connectivity index (χ0n) is 8.68. The molecule has 1 aliphatic heterocycles. The molecule has 1 N–H and O–H groups in total. The van der Waals surface area contributed by atoms with Crippen molar-refractivity contribution in [3.8, 4) is 0 Å². The molecule has 0 amide bonds. The van der Waals surface area contributed by atoms with E-state index in [-0.39, 0.29) is 0 Å². The zero-order valence-corrected chi connectivity index (χ0v) is 8.68. The maximum absolute atomic E-state index is 10.4.